The van der Waals surface area contributed by atoms with Crippen LogP contribution in [0.4, 0.5) is 0 Å². The van der Waals surface area contributed by atoms with Gasteiger partial charge in [-0.05, 0) is 45.1 Å². The molecule has 2 N–H and O–H groups in total. The average Bonchev–Trinajstić information content (AvgIpc) is 2.58. The number of aliphatic hydroxyl groups is 2. The third-order valence-corrected chi connectivity index (χ3v) is 4.68. The van der Waals surface area contributed by atoms with Gasteiger partial charge in [0, 0.05) is 24.5 Å². The first kappa shape index (κ1) is 22.4. The number of cyclic esters (lactones) is 1. The minimum atomic E-state index is -0.536. The van der Waals surface area contributed by atoms with Crippen LogP contribution in [-0.4, -0.2) is 35.0 Å². The van der Waals surface area contributed by atoms with Crippen LogP contribution in [0.2, 0.25) is 0 Å². The van der Waals surface area contributed by atoms with Crippen molar-refractivity contribution in [2.75, 3.05) is 6.61 Å². The molecule has 0 saturated carbocycles. The Morgan fingerprint density at radius 2 is 1.92 bits per heavy atom. The Hall–Kier alpha value is -1.65. The maximum absolute atomic E-state index is 12.5. The molecule has 1 aliphatic heterocycles. The number of allylic oxidation sites excluding steroid dienone is 4. The third-order valence-electron chi connectivity index (χ3n) is 4.68. The molecule has 4 heteroatoms. The molecule has 0 aromatic heterocycles. The normalized spacial score (nSPS) is 33.9. The number of hydrogen-bond donors (Lipinski definition) is 2. The smallest absolute Gasteiger partial charge is 0.334 e. The predicted molar refractivity (Wildman–Crippen MR) is 106 cm³/mol. The quantitative estimate of drug-likeness (QED) is 0.586. The lowest BCUT2D eigenvalue weighted by molar-refractivity contribution is -0.146. The Morgan fingerprint density at radius 1 is 1.23 bits per heavy atom. The van der Waals surface area contributed by atoms with Gasteiger partial charge in [-0.1, -0.05) is 49.8 Å². The van der Waals surface area contributed by atoms with Crippen molar-refractivity contribution in [3.63, 3.8) is 0 Å². The Balaban J connectivity index is 3.03. The molecule has 0 aromatic rings. The predicted octanol–water partition coefficient (Wildman–Crippen LogP) is 4.10. The molecule has 0 unspecified atom stereocenters. The van der Waals surface area contributed by atoms with Crippen LogP contribution < -0.4 is 0 Å². The number of esters is 1. The molecule has 0 radical (unpaired) electrons. The highest BCUT2D eigenvalue weighted by atomic mass is 16.5. The second kappa shape index (κ2) is 11.9. The van der Waals surface area contributed by atoms with Gasteiger partial charge in [-0.2, -0.15) is 0 Å². The summed E-state index contributed by atoms with van der Waals surface area (Å²) in [7, 11) is 0. The molecule has 4 atom stereocenters. The molecular weight excluding hydrogens is 328 g/mol. The van der Waals surface area contributed by atoms with Crippen LogP contribution in [-0.2, 0) is 9.53 Å². The lowest BCUT2D eigenvalue weighted by Crippen LogP contribution is -2.26. The van der Waals surface area contributed by atoms with E-state index in [2.05, 4.69) is 6.08 Å². The molecule has 1 heterocycles. The second-order valence-electron chi connectivity index (χ2n) is 7.23. The largest absolute Gasteiger partial charge is 0.458 e. The molecular formula is C22H34O4. The average molecular weight is 363 g/mol. The summed E-state index contributed by atoms with van der Waals surface area (Å²) in [5, 5.41) is 19.4. The molecule has 0 fully saturated rings. The molecule has 0 amide bonds. The number of hydrogen-bond acceptors (Lipinski definition) is 4. The van der Waals surface area contributed by atoms with E-state index in [1.807, 2.05) is 45.1 Å². The highest BCUT2D eigenvalue weighted by Crippen LogP contribution is 2.19. The van der Waals surface area contributed by atoms with E-state index >= 15 is 0 Å². The van der Waals surface area contributed by atoms with Gasteiger partial charge in [0.15, 0.2) is 0 Å². The Morgan fingerprint density at radius 3 is 2.62 bits per heavy atom. The summed E-state index contributed by atoms with van der Waals surface area (Å²) < 4.78 is 5.71. The molecule has 0 spiro atoms. The summed E-state index contributed by atoms with van der Waals surface area (Å²) >= 11 is 0. The first-order chi connectivity index (χ1) is 12.3. The van der Waals surface area contributed by atoms with E-state index in [0.29, 0.717) is 18.4 Å². The first-order valence-corrected chi connectivity index (χ1v) is 9.53. The second-order valence-corrected chi connectivity index (χ2v) is 7.23. The van der Waals surface area contributed by atoms with E-state index in [1.165, 1.54) is 0 Å². The van der Waals surface area contributed by atoms with Gasteiger partial charge in [-0.3, -0.25) is 0 Å². The van der Waals surface area contributed by atoms with Crippen molar-refractivity contribution in [2.45, 2.75) is 65.6 Å². The zero-order valence-corrected chi connectivity index (χ0v) is 16.5. The molecule has 4 nitrogen and oxygen atoms in total. The van der Waals surface area contributed by atoms with Crippen molar-refractivity contribution in [2.24, 2.45) is 11.8 Å². The van der Waals surface area contributed by atoms with Crippen molar-refractivity contribution in [1.29, 1.82) is 0 Å². The number of aliphatic hydroxyl groups excluding tert-OH is 2. The monoisotopic (exact) mass is 362 g/mol. The number of ether oxygens (including phenoxy) is 1. The molecule has 0 aromatic carbocycles. The van der Waals surface area contributed by atoms with Gasteiger partial charge in [0.1, 0.15) is 6.10 Å². The van der Waals surface area contributed by atoms with Gasteiger partial charge in [-0.15, -0.1) is 0 Å². The summed E-state index contributed by atoms with van der Waals surface area (Å²) in [6, 6.07) is 0. The van der Waals surface area contributed by atoms with Crippen molar-refractivity contribution in [3.8, 4) is 0 Å². The highest BCUT2D eigenvalue weighted by molar-refractivity contribution is 5.88. The third kappa shape index (κ3) is 8.15. The molecule has 0 saturated heterocycles. The first-order valence-electron chi connectivity index (χ1n) is 9.53. The van der Waals surface area contributed by atoms with Gasteiger partial charge >= 0.3 is 5.97 Å². The lowest BCUT2D eigenvalue weighted by atomic mass is 9.97. The molecule has 26 heavy (non-hydrogen) atoms. The summed E-state index contributed by atoms with van der Waals surface area (Å²) in [4.78, 5) is 12.5. The van der Waals surface area contributed by atoms with E-state index in [0.717, 1.165) is 18.4 Å². The van der Waals surface area contributed by atoms with Gasteiger partial charge < -0.3 is 14.9 Å². The summed E-state index contributed by atoms with van der Waals surface area (Å²) in [5.74, 6) is -0.278. The number of rotatable bonds is 3. The van der Waals surface area contributed by atoms with Gasteiger partial charge in [0.05, 0.1) is 6.10 Å². The fraction of sp³-hybridized carbons (Fsp3) is 0.591. The Bertz CT molecular complexity index is 556. The van der Waals surface area contributed by atoms with Crippen LogP contribution in [0.5, 0.6) is 0 Å². The maximum Gasteiger partial charge on any atom is 0.334 e. The van der Waals surface area contributed by atoms with Crippen LogP contribution in [0.3, 0.4) is 0 Å². The molecule has 1 rings (SSSR count). The zero-order chi connectivity index (χ0) is 19.5. The van der Waals surface area contributed by atoms with Crippen molar-refractivity contribution >= 4 is 5.97 Å². The van der Waals surface area contributed by atoms with E-state index in [1.54, 1.807) is 13.0 Å². The van der Waals surface area contributed by atoms with Crippen LogP contribution in [0, 0.1) is 11.8 Å². The number of carbonyl (C=O) groups is 1. The molecule has 0 aliphatic carbocycles. The minimum Gasteiger partial charge on any atom is -0.458 e. The van der Waals surface area contributed by atoms with Crippen molar-refractivity contribution in [3.05, 3.63) is 47.6 Å². The summed E-state index contributed by atoms with van der Waals surface area (Å²) in [6.45, 7) is 7.70. The molecule has 146 valence electrons. The van der Waals surface area contributed by atoms with E-state index < -0.39 is 6.10 Å². The van der Waals surface area contributed by atoms with Gasteiger partial charge in [0.2, 0.25) is 0 Å². The zero-order valence-electron chi connectivity index (χ0n) is 16.5. The fourth-order valence-electron chi connectivity index (χ4n) is 2.93. The van der Waals surface area contributed by atoms with Crippen LogP contribution >= 0.6 is 0 Å². The van der Waals surface area contributed by atoms with E-state index in [-0.39, 0.29) is 30.5 Å². The van der Waals surface area contributed by atoms with Crippen LogP contribution in [0.15, 0.2) is 47.6 Å². The van der Waals surface area contributed by atoms with Crippen molar-refractivity contribution in [1.82, 2.24) is 0 Å². The standard InChI is InChI=1S/C22H34O4/c1-16-14-18(3)20(24)10-8-6-5-7-9-11-21(17(2)12-13-23)26-22(25)19(4)15-16/h7-10,14-15,17-18,20-21,23-24H,5-6,11-13H2,1-4H3/b9-7+,10-8+,16-14+,19-15+/t17-,18+,20+,21-/m0/s1. The van der Waals surface area contributed by atoms with E-state index in [9.17, 15) is 15.0 Å². The summed E-state index contributed by atoms with van der Waals surface area (Å²) in [5.41, 5.74) is 1.46. The topological polar surface area (TPSA) is 66.8 Å². The molecule has 0 bridgehead atoms. The fourth-order valence-corrected chi connectivity index (χ4v) is 2.93. The SMILES string of the molecule is CC1=C\[C@@H](C)[C@H](O)/C=C/CC/C=C/C[C@@H]([C@@H](C)CCO)OC(=O)\C(C)=C\1. The number of carbonyl (C=O) groups excluding carboxylic acids is 1. The van der Waals surface area contributed by atoms with Gasteiger partial charge in [-0.25, -0.2) is 4.79 Å². The minimum absolute atomic E-state index is 0.0351. The van der Waals surface area contributed by atoms with Crippen molar-refractivity contribution < 1.29 is 19.7 Å². The van der Waals surface area contributed by atoms with Gasteiger partial charge in [0.25, 0.3) is 0 Å². The lowest BCUT2D eigenvalue weighted by Gasteiger charge is -2.23. The van der Waals surface area contributed by atoms with Crippen LogP contribution in [0.25, 0.3) is 0 Å². The molecule has 1 aliphatic rings. The maximum atomic E-state index is 12.5. The summed E-state index contributed by atoms with van der Waals surface area (Å²) in [6.07, 6.45) is 13.9. The van der Waals surface area contributed by atoms with Crippen LogP contribution in [0.1, 0.15) is 53.4 Å². The van der Waals surface area contributed by atoms with E-state index in [4.69, 9.17) is 4.74 Å². The Kier molecular flexibility index (Phi) is 10.2. The Labute approximate surface area is 158 Å². The highest BCUT2D eigenvalue weighted by Gasteiger charge is 2.21.